The molecule has 15 heavy (non-hydrogen) atoms. The van der Waals surface area contributed by atoms with Crippen LogP contribution in [-0.4, -0.2) is 0 Å². The van der Waals surface area contributed by atoms with Crippen molar-refractivity contribution in [3.63, 3.8) is 0 Å². The van der Waals surface area contributed by atoms with Crippen molar-refractivity contribution in [2.24, 2.45) is 10.8 Å². The second-order valence-electron chi connectivity index (χ2n) is 5.73. The highest BCUT2D eigenvalue weighted by atomic mass is 32.2. The molecule has 0 N–H and O–H groups in total. The van der Waals surface area contributed by atoms with Gasteiger partial charge in [0.25, 0.3) is 0 Å². The van der Waals surface area contributed by atoms with E-state index in [1.165, 1.54) is 10.5 Å². The lowest BCUT2D eigenvalue weighted by atomic mass is 9.81. The lowest BCUT2D eigenvalue weighted by Crippen LogP contribution is -2.16. The molecule has 0 fully saturated rings. The van der Waals surface area contributed by atoms with Crippen LogP contribution in [0.1, 0.15) is 41.5 Å². The third-order valence-electron chi connectivity index (χ3n) is 2.14. The third-order valence-corrected chi connectivity index (χ3v) is 3.37. The Bertz CT molecular complexity index is 269. The Morgan fingerprint density at radius 2 is 1.40 bits per heavy atom. The Morgan fingerprint density at radius 1 is 0.933 bits per heavy atom. The van der Waals surface area contributed by atoms with Gasteiger partial charge in [-0.3, -0.25) is 0 Å². The summed E-state index contributed by atoms with van der Waals surface area (Å²) in [5.41, 5.74) is 1.61. The SMILES string of the molecule is C=CS/C(=C(\C=C)C(C)(C)C)C(C)(C)C. The fourth-order valence-corrected chi connectivity index (χ4v) is 2.50. The van der Waals surface area contributed by atoms with Crippen molar-refractivity contribution in [1.82, 2.24) is 0 Å². The van der Waals surface area contributed by atoms with Gasteiger partial charge < -0.3 is 0 Å². The molecule has 0 bridgehead atoms. The summed E-state index contributed by atoms with van der Waals surface area (Å²) in [6, 6.07) is 0. The van der Waals surface area contributed by atoms with Crippen LogP contribution in [0.3, 0.4) is 0 Å². The highest BCUT2D eigenvalue weighted by Gasteiger charge is 2.25. The van der Waals surface area contributed by atoms with E-state index in [0.717, 1.165) is 0 Å². The molecule has 0 amide bonds. The standard InChI is InChI=1S/C14H24S/c1-9-11(13(3,4)5)12(15-10-2)14(6,7)8/h9-10H,1-2H2,3-8H3/b12-11+. The summed E-state index contributed by atoms with van der Waals surface area (Å²) in [5.74, 6) is 0. The minimum atomic E-state index is 0.139. The molecule has 86 valence electrons. The van der Waals surface area contributed by atoms with E-state index >= 15 is 0 Å². The van der Waals surface area contributed by atoms with Gasteiger partial charge >= 0.3 is 0 Å². The fourth-order valence-electron chi connectivity index (χ4n) is 1.47. The summed E-state index contributed by atoms with van der Waals surface area (Å²) < 4.78 is 0. The molecule has 0 rings (SSSR count). The average Bonchev–Trinajstić information content (AvgIpc) is 2.00. The summed E-state index contributed by atoms with van der Waals surface area (Å²) in [5, 5.41) is 1.90. The van der Waals surface area contributed by atoms with Gasteiger partial charge in [-0.1, -0.05) is 60.8 Å². The lowest BCUT2D eigenvalue weighted by Gasteiger charge is -2.30. The molecule has 0 unspecified atom stereocenters. The quantitative estimate of drug-likeness (QED) is 0.579. The smallest absolute Gasteiger partial charge is 0.00178 e. The summed E-state index contributed by atoms with van der Waals surface area (Å²) in [4.78, 5) is 1.36. The minimum Gasteiger partial charge on any atom is -0.102 e. The van der Waals surface area contributed by atoms with Crippen LogP contribution in [0.5, 0.6) is 0 Å². The summed E-state index contributed by atoms with van der Waals surface area (Å²) in [7, 11) is 0. The summed E-state index contributed by atoms with van der Waals surface area (Å²) in [6.07, 6.45) is 1.98. The highest BCUT2D eigenvalue weighted by Crippen LogP contribution is 2.43. The van der Waals surface area contributed by atoms with Crippen LogP contribution < -0.4 is 0 Å². The van der Waals surface area contributed by atoms with Crippen LogP contribution in [0.2, 0.25) is 0 Å². The van der Waals surface area contributed by atoms with Crippen molar-refractivity contribution >= 4 is 11.8 Å². The molecule has 0 radical (unpaired) electrons. The third kappa shape index (κ3) is 4.29. The molecule has 0 aliphatic carbocycles. The Labute approximate surface area is 99.5 Å². The molecule has 0 saturated carbocycles. The second-order valence-corrected chi connectivity index (χ2v) is 6.71. The minimum absolute atomic E-state index is 0.139. The molecule has 0 heterocycles. The molecule has 0 saturated heterocycles. The van der Waals surface area contributed by atoms with Crippen LogP contribution in [0, 0.1) is 10.8 Å². The van der Waals surface area contributed by atoms with Crippen LogP contribution in [0.4, 0.5) is 0 Å². The van der Waals surface area contributed by atoms with Crippen molar-refractivity contribution in [3.8, 4) is 0 Å². The van der Waals surface area contributed by atoms with E-state index in [2.05, 4.69) is 54.7 Å². The molecular formula is C14H24S. The predicted molar refractivity (Wildman–Crippen MR) is 73.9 cm³/mol. The maximum Gasteiger partial charge on any atom is -0.00178 e. The van der Waals surface area contributed by atoms with Gasteiger partial charge in [0.05, 0.1) is 0 Å². The summed E-state index contributed by atoms with van der Waals surface area (Å²) in [6.45, 7) is 21.1. The molecule has 0 aromatic heterocycles. The Morgan fingerprint density at radius 3 is 1.60 bits per heavy atom. The molecule has 0 aromatic carbocycles. The van der Waals surface area contributed by atoms with Crippen LogP contribution >= 0.6 is 11.8 Å². The van der Waals surface area contributed by atoms with E-state index in [1.807, 2.05) is 11.5 Å². The number of hydrogen-bond donors (Lipinski definition) is 0. The Balaban J connectivity index is 5.59. The average molecular weight is 224 g/mol. The zero-order valence-corrected chi connectivity index (χ0v) is 11.8. The number of allylic oxidation sites excluding steroid dienone is 3. The van der Waals surface area contributed by atoms with E-state index in [1.54, 1.807) is 11.8 Å². The molecular weight excluding hydrogens is 200 g/mol. The Kier molecular flexibility index (Phi) is 4.92. The first kappa shape index (κ1) is 14.6. The number of rotatable bonds is 3. The first-order chi connectivity index (χ1) is 6.64. The molecule has 0 spiro atoms. The first-order valence-electron chi connectivity index (χ1n) is 5.29. The zero-order chi connectivity index (χ0) is 12.3. The molecule has 0 atom stereocenters. The van der Waals surface area contributed by atoms with Crippen molar-refractivity contribution < 1.29 is 0 Å². The van der Waals surface area contributed by atoms with E-state index in [0.29, 0.717) is 0 Å². The lowest BCUT2D eigenvalue weighted by molar-refractivity contribution is 0.475. The highest BCUT2D eigenvalue weighted by molar-refractivity contribution is 8.05. The zero-order valence-electron chi connectivity index (χ0n) is 11.0. The predicted octanol–water partition coefficient (Wildman–Crippen LogP) is 5.40. The largest absolute Gasteiger partial charge is 0.102 e. The van der Waals surface area contributed by atoms with Crippen LogP contribution in [-0.2, 0) is 0 Å². The van der Waals surface area contributed by atoms with E-state index in [4.69, 9.17) is 0 Å². The van der Waals surface area contributed by atoms with Gasteiger partial charge in [0.2, 0.25) is 0 Å². The second kappa shape index (κ2) is 5.07. The van der Waals surface area contributed by atoms with Gasteiger partial charge in [0.1, 0.15) is 0 Å². The van der Waals surface area contributed by atoms with E-state index < -0.39 is 0 Å². The maximum absolute atomic E-state index is 3.94. The van der Waals surface area contributed by atoms with Gasteiger partial charge in [-0.05, 0) is 26.7 Å². The number of thioether (sulfide) groups is 1. The molecule has 1 heteroatoms. The van der Waals surface area contributed by atoms with Crippen molar-refractivity contribution in [3.05, 3.63) is 35.1 Å². The first-order valence-corrected chi connectivity index (χ1v) is 6.17. The van der Waals surface area contributed by atoms with Crippen molar-refractivity contribution in [2.45, 2.75) is 41.5 Å². The topological polar surface area (TPSA) is 0 Å². The Hall–Kier alpha value is -0.430. The van der Waals surface area contributed by atoms with Gasteiger partial charge in [-0.2, -0.15) is 0 Å². The van der Waals surface area contributed by atoms with Crippen LogP contribution in [0.25, 0.3) is 0 Å². The van der Waals surface area contributed by atoms with Gasteiger partial charge in [0, 0.05) is 0 Å². The van der Waals surface area contributed by atoms with Crippen molar-refractivity contribution in [2.75, 3.05) is 0 Å². The van der Waals surface area contributed by atoms with E-state index in [-0.39, 0.29) is 10.8 Å². The van der Waals surface area contributed by atoms with Crippen LogP contribution in [0.15, 0.2) is 35.1 Å². The van der Waals surface area contributed by atoms with E-state index in [9.17, 15) is 0 Å². The summed E-state index contributed by atoms with van der Waals surface area (Å²) >= 11 is 1.72. The molecule has 0 aliphatic heterocycles. The molecule has 0 aromatic rings. The van der Waals surface area contributed by atoms with Gasteiger partial charge in [0.15, 0.2) is 0 Å². The maximum atomic E-state index is 3.94. The fraction of sp³-hybridized carbons (Fsp3) is 0.571. The monoisotopic (exact) mass is 224 g/mol. The van der Waals surface area contributed by atoms with Gasteiger partial charge in [-0.25, -0.2) is 0 Å². The normalized spacial score (nSPS) is 14.5. The number of hydrogen-bond acceptors (Lipinski definition) is 1. The van der Waals surface area contributed by atoms with Crippen molar-refractivity contribution in [1.29, 1.82) is 0 Å². The molecule has 0 aliphatic rings. The molecule has 0 nitrogen and oxygen atoms in total. The van der Waals surface area contributed by atoms with Gasteiger partial charge in [-0.15, -0.1) is 11.8 Å².